The third-order valence-electron chi connectivity index (χ3n) is 5.10. The molecule has 1 atom stereocenters. The van der Waals surface area contributed by atoms with E-state index in [0.29, 0.717) is 21.5 Å². The number of hydrogen-bond donors (Lipinski definition) is 2. The first-order chi connectivity index (χ1) is 14.7. The number of rotatable bonds is 5. The Kier molecular flexibility index (Phi) is 5.43. The van der Waals surface area contributed by atoms with Crippen LogP contribution in [0.3, 0.4) is 0 Å². The van der Waals surface area contributed by atoms with Crippen LogP contribution < -0.4 is 11.5 Å². The maximum Gasteiger partial charge on any atom is 0.255 e. The Hall–Kier alpha value is -3.00. The van der Waals surface area contributed by atoms with Crippen molar-refractivity contribution in [3.63, 3.8) is 0 Å². The molecule has 0 saturated heterocycles. The smallest absolute Gasteiger partial charge is 0.255 e. The normalized spacial score (nSPS) is 17.7. The van der Waals surface area contributed by atoms with Crippen molar-refractivity contribution in [2.75, 3.05) is 0 Å². The second-order valence-corrected chi connectivity index (χ2v) is 8.28. The zero-order valence-corrected chi connectivity index (χ0v) is 18.0. The number of carbonyl (C=O) groups is 2. The van der Waals surface area contributed by atoms with Crippen LogP contribution in [-0.4, -0.2) is 23.1 Å². The Morgan fingerprint density at radius 2 is 1.77 bits per heavy atom. The molecule has 3 aromatic rings. The number of hydrogen-bond acceptors (Lipinski definition) is 6. The van der Waals surface area contributed by atoms with Crippen molar-refractivity contribution >= 4 is 63.1 Å². The van der Waals surface area contributed by atoms with Crippen molar-refractivity contribution in [3.05, 3.63) is 80.3 Å². The lowest BCUT2D eigenvalue weighted by molar-refractivity contribution is -0.120. The Balaban J connectivity index is 1.89. The summed E-state index contributed by atoms with van der Waals surface area (Å²) < 4.78 is 0. The van der Waals surface area contributed by atoms with E-state index < -0.39 is 11.4 Å². The second-order valence-electron chi connectivity index (χ2n) is 7.00. The topological polar surface area (TPSA) is 123 Å². The van der Waals surface area contributed by atoms with E-state index in [0.717, 1.165) is 5.39 Å². The van der Waals surface area contributed by atoms with Crippen molar-refractivity contribution in [3.8, 4) is 0 Å². The van der Waals surface area contributed by atoms with E-state index in [-0.39, 0.29) is 33.6 Å². The fourth-order valence-electron chi connectivity index (χ4n) is 3.55. The zero-order chi connectivity index (χ0) is 22.3. The molecule has 0 saturated carbocycles. The highest BCUT2D eigenvalue weighted by molar-refractivity contribution is 6.38. The molecule has 4 N–H and O–H groups in total. The number of amidine groups is 1. The summed E-state index contributed by atoms with van der Waals surface area (Å²) in [5, 5.41) is 13.4. The van der Waals surface area contributed by atoms with E-state index in [1.165, 1.54) is 12.1 Å². The monoisotopic (exact) mass is 473 g/mol. The Bertz CT molecular complexity index is 1320. The molecule has 0 radical (unpaired) electrons. The molecule has 0 bridgehead atoms. The highest BCUT2D eigenvalue weighted by atomic mass is 35.5. The van der Waals surface area contributed by atoms with Gasteiger partial charge in [0.05, 0.1) is 5.02 Å². The average molecular weight is 475 g/mol. The second kappa shape index (κ2) is 7.92. The van der Waals surface area contributed by atoms with Crippen LogP contribution in [0.2, 0.25) is 15.1 Å². The van der Waals surface area contributed by atoms with E-state index in [2.05, 4.69) is 15.4 Å². The van der Waals surface area contributed by atoms with Crippen LogP contribution >= 0.6 is 34.8 Å². The van der Waals surface area contributed by atoms with Crippen LogP contribution in [0.1, 0.15) is 21.5 Å². The summed E-state index contributed by atoms with van der Waals surface area (Å²) in [6, 6.07) is 13.5. The lowest BCUT2D eigenvalue weighted by atomic mass is 9.85. The fraction of sp³-hybridized carbons (Fsp3) is 0.0952. The van der Waals surface area contributed by atoms with Gasteiger partial charge in [-0.3, -0.25) is 9.59 Å². The van der Waals surface area contributed by atoms with Crippen LogP contribution in [0.4, 0.5) is 0 Å². The Morgan fingerprint density at radius 1 is 1.00 bits per heavy atom. The summed E-state index contributed by atoms with van der Waals surface area (Å²) in [5.74, 6) is -1.40. The molecule has 0 fully saturated rings. The number of benzene rings is 3. The molecular weight excluding hydrogens is 461 g/mol. The van der Waals surface area contributed by atoms with Crippen LogP contribution in [0, 0.1) is 0 Å². The van der Waals surface area contributed by atoms with Gasteiger partial charge in [0.1, 0.15) is 0 Å². The van der Waals surface area contributed by atoms with E-state index >= 15 is 0 Å². The summed E-state index contributed by atoms with van der Waals surface area (Å²) in [5.41, 5.74) is 10.6. The molecule has 7 nitrogen and oxygen atoms in total. The minimum Gasteiger partial charge on any atom is -0.383 e. The first-order valence-electron chi connectivity index (χ1n) is 8.99. The molecular formula is C21H14Cl3N5O2. The number of primary amides is 1. The Labute approximate surface area is 191 Å². The minimum absolute atomic E-state index is 0.114. The van der Waals surface area contributed by atoms with Gasteiger partial charge < -0.3 is 11.5 Å². The summed E-state index contributed by atoms with van der Waals surface area (Å²) in [4.78, 5) is 25.8. The number of nitrogens with two attached hydrogens (primary N) is 2. The number of carbonyl (C=O) groups excluding carboxylic acids is 2. The number of nitrogens with zero attached hydrogens (tertiary/aromatic N) is 3. The van der Waals surface area contributed by atoms with Gasteiger partial charge in [0.2, 0.25) is 5.54 Å². The number of ketones is 1. The van der Waals surface area contributed by atoms with Gasteiger partial charge in [-0.05, 0) is 45.8 Å². The van der Waals surface area contributed by atoms with Gasteiger partial charge in [-0.2, -0.15) is 0 Å². The van der Waals surface area contributed by atoms with E-state index in [4.69, 9.17) is 46.3 Å². The SMILES string of the molecule is NC(=O)C1(Cc2cc(Cl)cc(Cl)c2C(=O)c2cccc3cc(Cl)ccc23)N=NN=C1N. The van der Waals surface area contributed by atoms with Gasteiger partial charge in [-0.1, -0.05) is 59.1 Å². The first-order valence-corrected chi connectivity index (χ1v) is 10.1. The lowest BCUT2D eigenvalue weighted by Crippen LogP contribution is -2.53. The quantitative estimate of drug-likeness (QED) is 0.528. The van der Waals surface area contributed by atoms with Gasteiger partial charge in [0.15, 0.2) is 11.6 Å². The lowest BCUT2D eigenvalue weighted by Gasteiger charge is -2.22. The molecule has 156 valence electrons. The zero-order valence-electron chi connectivity index (χ0n) is 15.8. The van der Waals surface area contributed by atoms with Crippen LogP contribution in [-0.2, 0) is 11.2 Å². The van der Waals surface area contributed by atoms with Crippen molar-refractivity contribution in [1.82, 2.24) is 0 Å². The maximum atomic E-state index is 13.6. The average Bonchev–Trinajstić information content (AvgIpc) is 3.08. The van der Waals surface area contributed by atoms with E-state index in [1.807, 2.05) is 6.07 Å². The third-order valence-corrected chi connectivity index (χ3v) is 5.85. The highest BCUT2D eigenvalue weighted by Gasteiger charge is 2.45. The summed E-state index contributed by atoms with van der Waals surface area (Å²) in [7, 11) is 0. The van der Waals surface area contributed by atoms with Crippen molar-refractivity contribution in [2.45, 2.75) is 12.0 Å². The first kappa shape index (κ1) is 21.2. The number of amides is 1. The van der Waals surface area contributed by atoms with E-state index in [1.54, 1.807) is 30.3 Å². The standard InChI is InChI=1S/C21H14Cl3N5O2/c22-12-4-5-14-10(6-12)2-1-3-15(14)18(30)17-11(7-13(23)8-16(17)24)9-21(20(26)31)19(25)27-29-28-21/h1-8H,9H2,(H2,26,31)(H2,25,27,28). The largest absolute Gasteiger partial charge is 0.383 e. The molecule has 4 rings (SSSR count). The van der Waals surface area contributed by atoms with Crippen LogP contribution in [0.15, 0.2) is 64.0 Å². The molecule has 10 heteroatoms. The fourth-order valence-corrected chi connectivity index (χ4v) is 4.35. The molecule has 0 aromatic heterocycles. The third kappa shape index (κ3) is 3.65. The number of fused-ring (bicyclic) bond motifs is 1. The Morgan fingerprint density at radius 3 is 2.45 bits per heavy atom. The predicted octanol–water partition coefficient (Wildman–Crippen LogP) is 4.54. The molecule has 0 aliphatic carbocycles. The van der Waals surface area contributed by atoms with Crippen molar-refractivity contribution < 1.29 is 9.59 Å². The molecule has 1 unspecified atom stereocenters. The molecule has 1 aliphatic heterocycles. The summed E-state index contributed by atoms with van der Waals surface area (Å²) in [6.45, 7) is 0. The van der Waals surface area contributed by atoms with Gasteiger partial charge in [0.25, 0.3) is 5.91 Å². The molecule has 1 heterocycles. The van der Waals surface area contributed by atoms with Crippen LogP contribution in [0.25, 0.3) is 10.8 Å². The number of halogens is 3. The maximum absolute atomic E-state index is 13.6. The molecule has 31 heavy (non-hydrogen) atoms. The van der Waals surface area contributed by atoms with Crippen LogP contribution in [0.5, 0.6) is 0 Å². The van der Waals surface area contributed by atoms with Gasteiger partial charge in [-0.25, -0.2) is 0 Å². The molecule has 1 amide bonds. The molecule has 3 aromatic carbocycles. The predicted molar refractivity (Wildman–Crippen MR) is 121 cm³/mol. The van der Waals surface area contributed by atoms with Crippen molar-refractivity contribution in [1.29, 1.82) is 0 Å². The molecule has 1 aliphatic rings. The van der Waals surface area contributed by atoms with Gasteiger partial charge >= 0.3 is 0 Å². The van der Waals surface area contributed by atoms with E-state index in [9.17, 15) is 9.59 Å². The van der Waals surface area contributed by atoms with Crippen molar-refractivity contribution in [2.24, 2.45) is 26.9 Å². The summed E-state index contributed by atoms with van der Waals surface area (Å²) >= 11 is 18.7. The van der Waals surface area contributed by atoms with Gasteiger partial charge in [-0.15, -0.1) is 10.2 Å². The summed E-state index contributed by atoms with van der Waals surface area (Å²) in [6.07, 6.45) is -0.181. The van der Waals surface area contributed by atoms with Gasteiger partial charge in [0, 0.05) is 27.6 Å². The minimum atomic E-state index is -1.73. The molecule has 0 spiro atoms. The highest BCUT2D eigenvalue weighted by Crippen LogP contribution is 2.34.